The molecular formula is C16H15ClOS. The third-order valence-electron chi connectivity index (χ3n) is 3.73. The number of carbonyl (C=O) groups excluding carboxylic acids is 1. The summed E-state index contributed by atoms with van der Waals surface area (Å²) in [6.07, 6.45) is 3.77. The molecule has 0 saturated heterocycles. The third-order valence-corrected chi connectivity index (χ3v) is 4.98. The number of ketones is 1. The maximum absolute atomic E-state index is 12.5. The second kappa shape index (κ2) is 5.48. The SMILES string of the molecule is O=C(Cc1ccc(Cl)cc1)C1CCCc2sccc21. The Balaban J connectivity index is 1.77. The number of aryl methyl sites for hydroxylation is 1. The fourth-order valence-corrected chi connectivity index (χ4v) is 3.86. The molecule has 0 spiro atoms. The minimum absolute atomic E-state index is 0.102. The third kappa shape index (κ3) is 2.75. The van der Waals surface area contributed by atoms with Crippen molar-refractivity contribution in [1.29, 1.82) is 0 Å². The molecule has 2 aromatic rings. The fourth-order valence-electron chi connectivity index (χ4n) is 2.75. The van der Waals surface area contributed by atoms with E-state index in [4.69, 9.17) is 11.6 Å². The van der Waals surface area contributed by atoms with E-state index in [1.54, 1.807) is 11.3 Å². The Morgan fingerprint density at radius 2 is 2.05 bits per heavy atom. The molecule has 1 aromatic carbocycles. The molecule has 1 aliphatic rings. The van der Waals surface area contributed by atoms with Crippen LogP contribution < -0.4 is 0 Å². The van der Waals surface area contributed by atoms with Crippen LogP contribution in [0.2, 0.25) is 5.02 Å². The maximum atomic E-state index is 12.5. The fraction of sp³-hybridized carbons (Fsp3) is 0.312. The van der Waals surface area contributed by atoms with Gasteiger partial charge >= 0.3 is 0 Å². The number of Topliss-reactive ketones (excluding diaryl/α,β-unsaturated/α-hetero) is 1. The predicted molar refractivity (Wildman–Crippen MR) is 80.2 cm³/mol. The molecule has 1 nitrogen and oxygen atoms in total. The first-order valence-corrected chi connectivity index (χ1v) is 7.83. The van der Waals surface area contributed by atoms with E-state index in [0.29, 0.717) is 17.2 Å². The van der Waals surface area contributed by atoms with Gasteiger partial charge in [0.15, 0.2) is 0 Å². The van der Waals surface area contributed by atoms with E-state index in [9.17, 15) is 4.79 Å². The van der Waals surface area contributed by atoms with Gasteiger partial charge in [0.25, 0.3) is 0 Å². The molecule has 1 atom stereocenters. The van der Waals surface area contributed by atoms with Crippen molar-refractivity contribution in [1.82, 2.24) is 0 Å². The highest BCUT2D eigenvalue weighted by molar-refractivity contribution is 7.10. The predicted octanol–water partition coefficient (Wildman–Crippen LogP) is 4.63. The summed E-state index contributed by atoms with van der Waals surface area (Å²) in [5.74, 6) is 0.437. The van der Waals surface area contributed by atoms with E-state index >= 15 is 0 Å². The highest BCUT2D eigenvalue weighted by Gasteiger charge is 2.26. The van der Waals surface area contributed by atoms with Crippen molar-refractivity contribution < 1.29 is 4.79 Å². The number of halogens is 1. The van der Waals surface area contributed by atoms with Gasteiger partial charge in [-0.2, -0.15) is 0 Å². The van der Waals surface area contributed by atoms with Gasteiger partial charge in [0, 0.05) is 22.2 Å². The Morgan fingerprint density at radius 1 is 1.26 bits per heavy atom. The topological polar surface area (TPSA) is 17.1 Å². The zero-order valence-electron chi connectivity index (χ0n) is 10.6. The summed E-state index contributed by atoms with van der Waals surface area (Å²) in [6.45, 7) is 0. The van der Waals surface area contributed by atoms with Gasteiger partial charge in [-0.25, -0.2) is 0 Å². The molecule has 1 unspecified atom stereocenters. The Bertz CT molecular complexity index is 585. The first kappa shape index (κ1) is 12.9. The number of fused-ring (bicyclic) bond motifs is 1. The molecule has 0 fully saturated rings. The highest BCUT2D eigenvalue weighted by atomic mass is 35.5. The second-order valence-corrected chi connectivity index (χ2v) is 6.45. The molecule has 0 bridgehead atoms. The smallest absolute Gasteiger partial charge is 0.144 e. The van der Waals surface area contributed by atoms with Crippen LogP contribution in [-0.2, 0) is 17.6 Å². The molecular weight excluding hydrogens is 276 g/mol. The summed E-state index contributed by atoms with van der Waals surface area (Å²) in [7, 11) is 0. The van der Waals surface area contributed by atoms with E-state index in [1.165, 1.54) is 10.4 Å². The summed E-state index contributed by atoms with van der Waals surface area (Å²) >= 11 is 7.65. The Labute approximate surface area is 122 Å². The van der Waals surface area contributed by atoms with Crippen molar-refractivity contribution in [3.8, 4) is 0 Å². The van der Waals surface area contributed by atoms with Gasteiger partial charge < -0.3 is 0 Å². The average molecular weight is 291 g/mol. The zero-order chi connectivity index (χ0) is 13.2. The number of thiophene rings is 1. The summed E-state index contributed by atoms with van der Waals surface area (Å²) < 4.78 is 0. The Kier molecular flexibility index (Phi) is 3.72. The second-order valence-electron chi connectivity index (χ2n) is 5.01. The first-order chi connectivity index (χ1) is 9.24. The van der Waals surface area contributed by atoms with Crippen LogP contribution in [0.4, 0.5) is 0 Å². The molecule has 1 aromatic heterocycles. The van der Waals surface area contributed by atoms with E-state index in [1.807, 2.05) is 24.3 Å². The molecule has 98 valence electrons. The normalized spacial score (nSPS) is 18.1. The van der Waals surface area contributed by atoms with Gasteiger partial charge in [-0.3, -0.25) is 4.79 Å². The number of carbonyl (C=O) groups is 1. The average Bonchev–Trinajstić information content (AvgIpc) is 2.89. The summed E-state index contributed by atoms with van der Waals surface area (Å²) in [5, 5.41) is 2.83. The molecule has 0 aliphatic heterocycles. The lowest BCUT2D eigenvalue weighted by molar-refractivity contribution is -0.120. The van der Waals surface area contributed by atoms with Crippen LogP contribution >= 0.6 is 22.9 Å². The van der Waals surface area contributed by atoms with Crippen LogP contribution in [0.1, 0.15) is 34.8 Å². The number of rotatable bonds is 3. The minimum Gasteiger partial charge on any atom is -0.299 e. The van der Waals surface area contributed by atoms with Crippen LogP contribution in [0.5, 0.6) is 0 Å². The molecule has 0 radical (unpaired) electrons. The lowest BCUT2D eigenvalue weighted by Gasteiger charge is -2.21. The van der Waals surface area contributed by atoms with E-state index in [0.717, 1.165) is 24.8 Å². The number of benzene rings is 1. The molecule has 0 saturated carbocycles. The van der Waals surface area contributed by atoms with Crippen LogP contribution in [0.15, 0.2) is 35.7 Å². The summed E-state index contributed by atoms with van der Waals surface area (Å²) in [6, 6.07) is 9.71. The van der Waals surface area contributed by atoms with E-state index in [-0.39, 0.29) is 5.92 Å². The van der Waals surface area contributed by atoms with Crippen LogP contribution in [0.3, 0.4) is 0 Å². The largest absolute Gasteiger partial charge is 0.299 e. The molecule has 1 heterocycles. The molecule has 0 N–H and O–H groups in total. The maximum Gasteiger partial charge on any atom is 0.144 e. The van der Waals surface area contributed by atoms with Crippen molar-refractivity contribution in [2.75, 3.05) is 0 Å². The zero-order valence-corrected chi connectivity index (χ0v) is 12.1. The van der Waals surface area contributed by atoms with Gasteiger partial charge in [0.2, 0.25) is 0 Å². The van der Waals surface area contributed by atoms with Gasteiger partial charge in [-0.1, -0.05) is 23.7 Å². The van der Waals surface area contributed by atoms with Crippen LogP contribution in [0, 0.1) is 0 Å². The number of hydrogen-bond acceptors (Lipinski definition) is 2. The van der Waals surface area contributed by atoms with E-state index < -0.39 is 0 Å². The number of hydrogen-bond donors (Lipinski definition) is 0. The Morgan fingerprint density at radius 3 is 2.84 bits per heavy atom. The van der Waals surface area contributed by atoms with Crippen molar-refractivity contribution in [2.24, 2.45) is 0 Å². The quantitative estimate of drug-likeness (QED) is 0.805. The van der Waals surface area contributed by atoms with Crippen molar-refractivity contribution in [3.63, 3.8) is 0 Å². The highest BCUT2D eigenvalue weighted by Crippen LogP contribution is 2.36. The first-order valence-electron chi connectivity index (χ1n) is 6.57. The van der Waals surface area contributed by atoms with Gasteiger partial charge in [-0.05, 0) is 54.0 Å². The van der Waals surface area contributed by atoms with E-state index in [2.05, 4.69) is 11.4 Å². The van der Waals surface area contributed by atoms with Crippen LogP contribution in [0.25, 0.3) is 0 Å². The summed E-state index contributed by atoms with van der Waals surface area (Å²) in [5.41, 5.74) is 2.33. The summed E-state index contributed by atoms with van der Waals surface area (Å²) in [4.78, 5) is 13.9. The Hall–Kier alpha value is -1.12. The minimum atomic E-state index is 0.102. The molecule has 0 amide bonds. The molecule has 3 rings (SSSR count). The lowest BCUT2D eigenvalue weighted by Crippen LogP contribution is -2.18. The monoisotopic (exact) mass is 290 g/mol. The van der Waals surface area contributed by atoms with Crippen molar-refractivity contribution in [3.05, 3.63) is 56.7 Å². The standard InChI is InChI=1S/C16H15ClOS/c17-12-6-4-11(5-7-12)10-15(18)13-2-1-3-16-14(13)8-9-19-16/h4-9,13H,1-3,10H2. The van der Waals surface area contributed by atoms with Gasteiger partial charge in [0.1, 0.15) is 5.78 Å². The lowest BCUT2D eigenvalue weighted by atomic mass is 9.83. The van der Waals surface area contributed by atoms with Gasteiger partial charge in [-0.15, -0.1) is 11.3 Å². The molecule has 1 aliphatic carbocycles. The van der Waals surface area contributed by atoms with Crippen molar-refractivity contribution >= 4 is 28.7 Å². The molecule has 3 heteroatoms. The van der Waals surface area contributed by atoms with Crippen LogP contribution in [-0.4, -0.2) is 5.78 Å². The molecule has 19 heavy (non-hydrogen) atoms. The van der Waals surface area contributed by atoms with Gasteiger partial charge in [0.05, 0.1) is 0 Å². The van der Waals surface area contributed by atoms with Crippen molar-refractivity contribution in [2.45, 2.75) is 31.6 Å².